The minimum atomic E-state index is 0.528. The van der Waals surface area contributed by atoms with Gasteiger partial charge in [-0.15, -0.1) is 21.5 Å². The van der Waals surface area contributed by atoms with Crippen LogP contribution < -0.4 is 15.5 Å². The summed E-state index contributed by atoms with van der Waals surface area (Å²) < 4.78 is 1.96. The standard InChI is InChI=1S/C16H22N8S/c1-4-17-15(18-9-12-11-25-16(20-12)23(2)3)19-10-14-22-21-13-7-5-6-8-24(13)14/h5-8,11H,4,9-10H2,1-3H3,(H2,17,18,19). The number of nitrogens with one attached hydrogen (secondary N) is 2. The van der Waals surface area contributed by atoms with Gasteiger partial charge in [0.1, 0.15) is 0 Å². The van der Waals surface area contributed by atoms with E-state index in [1.54, 1.807) is 11.3 Å². The second kappa shape index (κ2) is 7.93. The summed E-state index contributed by atoms with van der Waals surface area (Å²) in [6, 6.07) is 5.84. The molecule has 9 heteroatoms. The second-order valence-corrected chi connectivity index (χ2v) is 6.45. The molecule has 0 aliphatic heterocycles. The maximum absolute atomic E-state index is 4.60. The molecule has 2 N–H and O–H groups in total. The number of hydrogen-bond donors (Lipinski definition) is 2. The van der Waals surface area contributed by atoms with E-state index in [9.17, 15) is 0 Å². The van der Waals surface area contributed by atoms with Crippen molar-refractivity contribution >= 4 is 28.1 Å². The van der Waals surface area contributed by atoms with E-state index < -0.39 is 0 Å². The van der Waals surface area contributed by atoms with Crippen molar-refractivity contribution in [3.63, 3.8) is 0 Å². The zero-order valence-electron chi connectivity index (χ0n) is 14.6. The summed E-state index contributed by atoms with van der Waals surface area (Å²) in [5.41, 5.74) is 1.79. The summed E-state index contributed by atoms with van der Waals surface area (Å²) >= 11 is 1.62. The summed E-state index contributed by atoms with van der Waals surface area (Å²) in [6.07, 6.45) is 1.95. The van der Waals surface area contributed by atoms with E-state index in [0.717, 1.165) is 34.8 Å². The molecule has 0 spiro atoms. The molecule has 0 atom stereocenters. The molecule has 8 nitrogen and oxygen atoms in total. The van der Waals surface area contributed by atoms with Gasteiger partial charge in [0.2, 0.25) is 0 Å². The Hall–Kier alpha value is -2.68. The van der Waals surface area contributed by atoms with E-state index in [1.807, 2.05) is 60.1 Å². The molecule has 0 saturated carbocycles. The third kappa shape index (κ3) is 4.24. The molecule has 0 saturated heterocycles. The number of aliphatic imine (C=N–C) groups is 1. The van der Waals surface area contributed by atoms with E-state index in [1.165, 1.54) is 0 Å². The van der Waals surface area contributed by atoms with Gasteiger partial charge in [0.05, 0.1) is 18.8 Å². The number of pyridine rings is 1. The van der Waals surface area contributed by atoms with Crippen LogP contribution >= 0.6 is 11.3 Å². The summed E-state index contributed by atoms with van der Waals surface area (Å²) in [5.74, 6) is 1.57. The molecule has 132 valence electrons. The zero-order valence-corrected chi connectivity index (χ0v) is 15.4. The molecule has 0 radical (unpaired) electrons. The lowest BCUT2D eigenvalue weighted by Crippen LogP contribution is -2.37. The quantitative estimate of drug-likeness (QED) is 0.513. The molecule has 3 rings (SSSR count). The minimum Gasteiger partial charge on any atom is -0.357 e. The van der Waals surface area contributed by atoms with Gasteiger partial charge in [-0.25, -0.2) is 9.98 Å². The van der Waals surface area contributed by atoms with Crippen molar-refractivity contribution in [3.8, 4) is 0 Å². The van der Waals surface area contributed by atoms with Crippen molar-refractivity contribution in [2.24, 2.45) is 4.99 Å². The topological polar surface area (TPSA) is 82.7 Å². The summed E-state index contributed by atoms with van der Waals surface area (Å²) in [7, 11) is 3.97. The Morgan fingerprint density at radius 2 is 2.16 bits per heavy atom. The van der Waals surface area contributed by atoms with Gasteiger partial charge in [-0.2, -0.15) is 0 Å². The van der Waals surface area contributed by atoms with E-state index >= 15 is 0 Å². The molecule has 0 unspecified atom stereocenters. The number of nitrogens with zero attached hydrogens (tertiary/aromatic N) is 6. The number of aromatic nitrogens is 4. The van der Waals surface area contributed by atoms with Gasteiger partial charge in [0.25, 0.3) is 0 Å². The van der Waals surface area contributed by atoms with E-state index in [-0.39, 0.29) is 0 Å². The van der Waals surface area contributed by atoms with Crippen LogP contribution in [-0.4, -0.2) is 46.2 Å². The first-order chi connectivity index (χ1) is 12.2. The van der Waals surface area contributed by atoms with E-state index in [2.05, 4.69) is 30.8 Å². The van der Waals surface area contributed by atoms with Crippen molar-refractivity contribution in [1.82, 2.24) is 30.2 Å². The predicted molar refractivity (Wildman–Crippen MR) is 101 cm³/mol. The normalized spacial score (nSPS) is 11.7. The highest BCUT2D eigenvalue weighted by molar-refractivity contribution is 7.13. The molecule has 25 heavy (non-hydrogen) atoms. The lowest BCUT2D eigenvalue weighted by Gasteiger charge is -2.10. The van der Waals surface area contributed by atoms with Crippen LogP contribution in [0.2, 0.25) is 0 Å². The van der Waals surface area contributed by atoms with Gasteiger partial charge < -0.3 is 15.5 Å². The number of hydrogen-bond acceptors (Lipinski definition) is 6. The average molecular weight is 358 g/mol. The van der Waals surface area contributed by atoms with Gasteiger partial charge in [-0.1, -0.05) is 6.07 Å². The van der Waals surface area contributed by atoms with Crippen LogP contribution in [0.15, 0.2) is 34.8 Å². The van der Waals surface area contributed by atoms with Crippen molar-refractivity contribution in [2.75, 3.05) is 25.5 Å². The van der Waals surface area contributed by atoms with Crippen LogP contribution in [0.25, 0.3) is 5.65 Å². The summed E-state index contributed by atoms with van der Waals surface area (Å²) in [4.78, 5) is 11.1. The maximum atomic E-state index is 4.60. The maximum Gasteiger partial charge on any atom is 0.192 e. The second-order valence-electron chi connectivity index (χ2n) is 5.61. The van der Waals surface area contributed by atoms with Crippen LogP contribution in [0.1, 0.15) is 18.4 Å². The molecule has 0 bridgehead atoms. The SMILES string of the molecule is CCNC(=NCc1csc(N(C)C)n1)NCc1nnc2ccccn12. The fourth-order valence-corrected chi connectivity index (χ4v) is 3.00. The smallest absolute Gasteiger partial charge is 0.192 e. The highest BCUT2D eigenvalue weighted by Gasteiger charge is 2.07. The first-order valence-electron chi connectivity index (χ1n) is 8.10. The molecule has 0 aromatic carbocycles. The van der Waals surface area contributed by atoms with Crippen LogP contribution in [0.3, 0.4) is 0 Å². The highest BCUT2D eigenvalue weighted by atomic mass is 32.1. The largest absolute Gasteiger partial charge is 0.357 e. The molecule has 3 heterocycles. The highest BCUT2D eigenvalue weighted by Crippen LogP contribution is 2.18. The Balaban J connectivity index is 1.65. The average Bonchev–Trinajstić information content (AvgIpc) is 3.24. The van der Waals surface area contributed by atoms with Gasteiger partial charge in [-0.05, 0) is 19.1 Å². The molecular weight excluding hydrogens is 336 g/mol. The number of guanidine groups is 1. The third-order valence-electron chi connectivity index (χ3n) is 3.46. The first kappa shape index (κ1) is 17.2. The number of thiazole rings is 1. The lowest BCUT2D eigenvalue weighted by atomic mass is 10.4. The monoisotopic (exact) mass is 358 g/mol. The zero-order chi connectivity index (χ0) is 17.6. The van der Waals surface area contributed by atoms with Gasteiger partial charge in [-0.3, -0.25) is 4.40 Å². The van der Waals surface area contributed by atoms with Gasteiger partial charge >= 0.3 is 0 Å². The number of anilines is 1. The van der Waals surface area contributed by atoms with Crippen LogP contribution in [0.5, 0.6) is 0 Å². The summed E-state index contributed by atoms with van der Waals surface area (Å²) in [5, 5.41) is 17.9. The Morgan fingerprint density at radius 1 is 1.28 bits per heavy atom. The summed E-state index contributed by atoms with van der Waals surface area (Å²) in [6.45, 7) is 3.89. The van der Waals surface area contributed by atoms with Crippen LogP contribution in [0.4, 0.5) is 5.13 Å². The fraction of sp³-hybridized carbons (Fsp3) is 0.375. The molecule has 3 aromatic heterocycles. The predicted octanol–water partition coefficient (Wildman–Crippen LogP) is 1.51. The van der Waals surface area contributed by atoms with Gasteiger partial charge in [0.15, 0.2) is 22.6 Å². The van der Waals surface area contributed by atoms with Crippen molar-refractivity contribution in [1.29, 1.82) is 0 Å². The Kier molecular flexibility index (Phi) is 5.44. The third-order valence-corrected chi connectivity index (χ3v) is 4.52. The van der Waals surface area contributed by atoms with Crippen molar-refractivity contribution in [2.45, 2.75) is 20.0 Å². The lowest BCUT2D eigenvalue weighted by molar-refractivity contribution is 0.764. The van der Waals surface area contributed by atoms with E-state index in [0.29, 0.717) is 13.1 Å². The Morgan fingerprint density at radius 3 is 2.92 bits per heavy atom. The Labute approximate surface area is 150 Å². The Bertz CT molecular complexity index is 851. The molecule has 0 fully saturated rings. The molecule has 0 aliphatic carbocycles. The molecular formula is C16H22N8S. The molecule has 3 aromatic rings. The minimum absolute atomic E-state index is 0.528. The molecule has 0 aliphatic rings. The first-order valence-corrected chi connectivity index (χ1v) is 8.98. The fourth-order valence-electron chi connectivity index (χ4n) is 2.25. The van der Waals surface area contributed by atoms with E-state index in [4.69, 9.17) is 0 Å². The van der Waals surface area contributed by atoms with Crippen molar-refractivity contribution in [3.05, 3.63) is 41.3 Å². The van der Waals surface area contributed by atoms with Crippen molar-refractivity contribution < 1.29 is 0 Å². The van der Waals surface area contributed by atoms with Crippen LogP contribution in [0, 0.1) is 0 Å². The van der Waals surface area contributed by atoms with Gasteiger partial charge in [0, 0.05) is 32.2 Å². The number of fused-ring (bicyclic) bond motifs is 1. The molecule has 0 amide bonds. The van der Waals surface area contributed by atoms with Crippen LogP contribution in [-0.2, 0) is 13.1 Å². The number of rotatable bonds is 6.